The molecule has 2 rings (SSSR count). The lowest BCUT2D eigenvalue weighted by atomic mass is 10.1. The van der Waals surface area contributed by atoms with Crippen molar-refractivity contribution in [1.29, 1.82) is 0 Å². The van der Waals surface area contributed by atoms with Gasteiger partial charge in [-0.1, -0.05) is 25.7 Å². The van der Waals surface area contributed by atoms with E-state index in [1.165, 1.54) is 38.5 Å². The number of ether oxygens (including phenoxy) is 2. The summed E-state index contributed by atoms with van der Waals surface area (Å²) in [4.78, 5) is 0. The van der Waals surface area contributed by atoms with E-state index in [4.69, 9.17) is 9.47 Å². The van der Waals surface area contributed by atoms with Crippen molar-refractivity contribution < 1.29 is 9.47 Å². The topological polar surface area (TPSA) is 30.5 Å². The van der Waals surface area contributed by atoms with Crippen LogP contribution >= 0.6 is 0 Å². The fraction of sp³-hybridized carbons (Fsp3) is 1.00. The highest BCUT2D eigenvalue weighted by atomic mass is 16.5. The average molecular weight is 227 g/mol. The highest BCUT2D eigenvalue weighted by molar-refractivity contribution is 4.72. The first kappa shape index (κ1) is 12.3. The molecule has 2 fully saturated rings. The average Bonchev–Trinajstić information content (AvgIpc) is 2.55. The van der Waals surface area contributed by atoms with Crippen LogP contribution in [0.3, 0.4) is 0 Å². The quantitative estimate of drug-likeness (QED) is 0.749. The number of hydrogen-bond acceptors (Lipinski definition) is 3. The van der Waals surface area contributed by atoms with Crippen LogP contribution in [0.4, 0.5) is 0 Å². The zero-order valence-corrected chi connectivity index (χ0v) is 10.4. The van der Waals surface area contributed by atoms with Crippen LogP contribution in [0.25, 0.3) is 0 Å². The SMILES string of the molecule is CC1CNCC(COC2CCCCCC2)O1. The van der Waals surface area contributed by atoms with Gasteiger partial charge in [-0.25, -0.2) is 0 Å². The van der Waals surface area contributed by atoms with E-state index in [1.807, 2.05) is 0 Å². The first-order valence-electron chi connectivity index (χ1n) is 6.82. The zero-order valence-electron chi connectivity index (χ0n) is 10.4. The van der Waals surface area contributed by atoms with E-state index in [0.717, 1.165) is 19.7 Å². The Hall–Kier alpha value is -0.120. The maximum atomic E-state index is 5.99. The van der Waals surface area contributed by atoms with E-state index < -0.39 is 0 Å². The summed E-state index contributed by atoms with van der Waals surface area (Å²) in [6, 6.07) is 0. The van der Waals surface area contributed by atoms with Crippen LogP contribution in [-0.2, 0) is 9.47 Å². The van der Waals surface area contributed by atoms with Gasteiger partial charge in [-0.05, 0) is 19.8 Å². The van der Waals surface area contributed by atoms with E-state index >= 15 is 0 Å². The van der Waals surface area contributed by atoms with Gasteiger partial charge in [0, 0.05) is 13.1 Å². The lowest BCUT2D eigenvalue weighted by molar-refractivity contribution is -0.0866. The van der Waals surface area contributed by atoms with Crippen molar-refractivity contribution in [3.63, 3.8) is 0 Å². The first-order chi connectivity index (χ1) is 7.84. The van der Waals surface area contributed by atoms with Crippen LogP contribution in [0, 0.1) is 0 Å². The zero-order chi connectivity index (χ0) is 11.2. The van der Waals surface area contributed by atoms with Crippen molar-refractivity contribution >= 4 is 0 Å². The third-order valence-electron chi connectivity index (χ3n) is 3.55. The van der Waals surface area contributed by atoms with Gasteiger partial charge in [0.15, 0.2) is 0 Å². The Morgan fingerprint density at radius 1 is 1.12 bits per heavy atom. The molecular weight excluding hydrogens is 202 g/mol. The predicted octanol–water partition coefficient (Wildman–Crippen LogP) is 2.10. The second-order valence-corrected chi connectivity index (χ2v) is 5.17. The molecule has 1 aliphatic carbocycles. The maximum absolute atomic E-state index is 5.99. The van der Waals surface area contributed by atoms with Gasteiger partial charge in [-0.2, -0.15) is 0 Å². The monoisotopic (exact) mass is 227 g/mol. The van der Waals surface area contributed by atoms with Crippen molar-refractivity contribution in [2.75, 3.05) is 19.7 Å². The van der Waals surface area contributed by atoms with Crippen molar-refractivity contribution in [1.82, 2.24) is 5.32 Å². The molecule has 0 aromatic heterocycles. The molecule has 0 bridgehead atoms. The fourth-order valence-electron chi connectivity index (χ4n) is 2.62. The summed E-state index contributed by atoms with van der Waals surface area (Å²) in [5.74, 6) is 0. The fourth-order valence-corrected chi connectivity index (χ4v) is 2.62. The molecule has 1 saturated heterocycles. The highest BCUT2D eigenvalue weighted by Gasteiger charge is 2.20. The largest absolute Gasteiger partial charge is 0.375 e. The van der Waals surface area contributed by atoms with Gasteiger partial charge < -0.3 is 14.8 Å². The molecule has 3 heteroatoms. The Kier molecular flexibility index (Phi) is 5.07. The van der Waals surface area contributed by atoms with Gasteiger partial charge in [-0.3, -0.25) is 0 Å². The Labute approximate surface area is 98.9 Å². The summed E-state index contributed by atoms with van der Waals surface area (Å²) < 4.78 is 11.8. The molecule has 2 aliphatic rings. The molecule has 0 aromatic carbocycles. The summed E-state index contributed by atoms with van der Waals surface area (Å²) in [6.45, 7) is 4.80. The first-order valence-corrected chi connectivity index (χ1v) is 6.82. The third kappa shape index (κ3) is 4.04. The molecule has 1 N–H and O–H groups in total. The van der Waals surface area contributed by atoms with Crippen LogP contribution in [-0.4, -0.2) is 38.0 Å². The van der Waals surface area contributed by atoms with Gasteiger partial charge in [-0.15, -0.1) is 0 Å². The Morgan fingerprint density at radius 2 is 1.88 bits per heavy atom. The van der Waals surface area contributed by atoms with Crippen LogP contribution in [0.1, 0.15) is 45.4 Å². The molecule has 0 spiro atoms. The Balaban J connectivity index is 1.65. The standard InChI is InChI=1S/C13H25NO2/c1-11-8-14-9-13(16-11)10-15-12-6-4-2-3-5-7-12/h11-14H,2-10H2,1H3. The summed E-state index contributed by atoms with van der Waals surface area (Å²) in [6.07, 6.45) is 9.02. The lowest BCUT2D eigenvalue weighted by Crippen LogP contribution is -2.45. The van der Waals surface area contributed by atoms with Crippen molar-refractivity contribution in [3.05, 3.63) is 0 Å². The van der Waals surface area contributed by atoms with Gasteiger partial charge in [0.25, 0.3) is 0 Å². The summed E-state index contributed by atoms with van der Waals surface area (Å²) in [5, 5.41) is 3.38. The summed E-state index contributed by atoms with van der Waals surface area (Å²) in [5.41, 5.74) is 0. The molecule has 3 nitrogen and oxygen atoms in total. The smallest absolute Gasteiger partial charge is 0.0936 e. The minimum atomic E-state index is 0.256. The van der Waals surface area contributed by atoms with Crippen LogP contribution in [0.2, 0.25) is 0 Å². The van der Waals surface area contributed by atoms with E-state index in [2.05, 4.69) is 12.2 Å². The van der Waals surface area contributed by atoms with Gasteiger partial charge in [0.1, 0.15) is 0 Å². The molecule has 0 radical (unpaired) electrons. The van der Waals surface area contributed by atoms with Crippen LogP contribution in [0.15, 0.2) is 0 Å². The molecule has 2 unspecified atom stereocenters. The molecule has 94 valence electrons. The summed E-state index contributed by atoms with van der Waals surface area (Å²) in [7, 11) is 0. The number of rotatable bonds is 3. The summed E-state index contributed by atoms with van der Waals surface area (Å²) >= 11 is 0. The van der Waals surface area contributed by atoms with Gasteiger partial charge >= 0.3 is 0 Å². The minimum absolute atomic E-state index is 0.256. The Bertz CT molecular complexity index is 188. The Morgan fingerprint density at radius 3 is 2.56 bits per heavy atom. The van der Waals surface area contributed by atoms with Gasteiger partial charge in [0.05, 0.1) is 24.9 Å². The molecule has 2 atom stereocenters. The molecule has 16 heavy (non-hydrogen) atoms. The molecular formula is C13H25NO2. The molecule has 1 aliphatic heterocycles. The highest BCUT2D eigenvalue weighted by Crippen LogP contribution is 2.20. The maximum Gasteiger partial charge on any atom is 0.0936 e. The van der Waals surface area contributed by atoms with Crippen LogP contribution < -0.4 is 5.32 Å². The van der Waals surface area contributed by atoms with Crippen molar-refractivity contribution in [2.45, 2.75) is 63.8 Å². The number of nitrogens with one attached hydrogen (secondary N) is 1. The second-order valence-electron chi connectivity index (χ2n) is 5.17. The number of morpholine rings is 1. The molecule has 0 aromatic rings. The van der Waals surface area contributed by atoms with E-state index in [0.29, 0.717) is 12.2 Å². The predicted molar refractivity (Wildman–Crippen MR) is 64.6 cm³/mol. The van der Waals surface area contributed by atoms with Crippen molar-refractivity contribution in [2.24, 2.45) is 0 Å². The van der Waals surface area contributed by atoms with E-state index in [-0.39, 0.29) is 6.10 Å². The molecule has 0 amide bonds. The van der Waals surface area contributed by atoms with Crippen LogP contribution in [0.5, 0.6) is 0 Å². The minimum Gasteiger partial charge on any atom is -0.375 e. The number of hydrogen-bond donors (Lipinski definition) is 1. The van der Waals surface area contributed by atoms with E-state index in [1.54, 1.807) is 0 Å². The lowest BCUT2D eigenvalue weighted by Gasteiger charge is -2.29. The van der Waals surface area contributed by atoms with E-state index in [9.17, 15) is 0 Å². The van der Waals surface area contributed by atoms with Gasteiger partial charge in [0.2, 0.25) is 0 Å². The molecule has 1 heterocycles. The van der Waals surface area contributed by atoms with Crippen molar-refractivity contribution in [3.8, 4) is 0 Å². The second kappa shape index (κ2) is 6.58. The normalized spacial score (nSPS) is 33.6. The third-order valence-corrected chi connectivity index (χ3v) is 3.55. The molecule has 1 saturated carbocycles.